The third-order valence-electron chi connectivity index (χ3n) is 3.65. The van der Waals surface area contributed by atoms with Crippen LogP contribution >= 0.6 is 0 Å². The minimum atomic E-state index is 0.349. The molecule has 0 bridgehead atoms. The van der Waals surface area contributed by atoms with E-state index in [0.717, 1.165) is 45.8 Å². The number of likely N-dealkylation sites (N-methyl/N-ethyl adjacent to an activating group) is 1. The minimum absolute atomic E-state index is 0.349. The zero-order chi connectivity index (χ0) is 11.4. The van der Waals surface area contributed by atoms with Crippen molar-refractivity contribution in [1.29, 1.82) is 0 Å². The van der Waals surface area contributed by atoms with Crippen LogP contribution in [0.4, 0.5) is 0 Å². The van der Waals surface area contributed by atoms with Gasteiger partial charge in [0.15, 0.2) is 0 Å². The van der Waals surface area contributed by atoms with Crippen LogP contribution in [-0.4, -0.2) is 63.0 Å². The first-order valence-corrected chi connectivity index (χ1v) is 6.42. The largest absolute Gasteiger partial charge is 0.380 e. The van der Waals surface area contributed by atoms with Gasteiger partial charge in [-0.25, -0.2) is 0 Å². The van der Waals surface area contributed by atoms with Crippen LogP contribution in [0.15, 0.2) is 0 Å². The maximum Gasteiger partial charge on any atom is 0.0674 e. The molecule has 2 rings (SSSR count). The Morgan fingerprint density at radius 1 is 1.31 bits per heavy atom. The zero-order valence-electron chi connectivity index (χ0n) is 10.4. The van der Waals surface area contributed by atoms with E-state index in [2.05, 4.69) is 24.2 Å². The molecule has 2 saturated heterocycles. The van der Waals surface area contributed by atoms with E-state index in [4.69, 9.17) is 9.47 Å². The summed E-state index contributed by atoms with van der Waals surface area (Å²) in [7, 11) is 2.06. The topological polar surface area (TPSA) is 33.7 Å². The van der Waals surface area contributed by atoms with Gasteiger partial charge in [-0.05, 0) is 26.8 Å². The third kappa shape index (κ3) is 2.94. The second kappa shape index (κ2) is 5.96. The highest BCUT2D eigenvalue weighted by Crippen LogP contribution is 2.17. The van der Waals surface area contributed by atoms with Crippen molar-refractivity contribution >= 4 is 0 Å². The molecule has 2 fully saturated rings. The molecule has 0 aromatic rings. The standard InChI is InChI=1S/C12H24N2O2/c1-10-8-14(5-3-6-16-10)12-9-15-7-4-11(12)13-2/h10-13H,3-9H2,1-2H3. The first-order valence-electron chi connectivity index (χ1n) is 6.42. The lowest BCUT2D eigenvalue weighted by atomic mass is 10.0. The SMILES string of the molecule is CNC1CCOCC1N1CCCOC(C)C1. The van der Waals surface area contributed by atoms with E-state index in [9.17, 15) is 0 Å². The van der Waals surface area contributed by atoms with Crippen LogP contribution in [0.5, 0.6) is 0 Å². The molecule has 3 unspecified atom stereocenters. The number of hydrogen-bond donors (Lipinski definition) is 1. The van der Waals surface area contributed by atoms with Crippen LogP contribution in [-0.2, 0) is 9.47 Å². The normalized spacial score (nSPS) is 38.2. The molecule has 0 aromatic carbocycles. The fourth-order valence-corrected chi connectivity index (χ4v) is 2.75. The van der Waals surface area contributed by atoms with Crippen LogP contribution in [0.25, 0.3) is 0 Å². The highest BCUT2D eigenvalue weighted by molar-refractivity contribution is 4.88. The summed E-state index contributed by atoms with van der Waals surface area (Å²) in [4.78, 5) is 2.54. The van der Waals surface area contributed by atoms with E-state index in [1.165, 1.54) is 0 Å². The number of hydrogen-bond acceptors (Lipinski definition) is 4. The molecule has 2 aliphatic rings. The van der Waals surface area contributed by atoms with Gasteiger partial charge in [-0.3, -0.25) is 4.90 Å². The van der Waals surface area contributed by atoms with Gasteiger partial charge in [0.1, 0.15) is 0 Å². The van der Waals surface area contributed by atoms with Crippen LogP contribution < -0.4 is 5.32 Å². The van der Waals surface area contributed by atoms with Crippen molar-refractivity contribution in [1.82, 2.24) is 10.2 Å². The molecule has 0 radical (unpaired) electrons. The van der Waals surface area contributed by atoms with Crippen molar-refractivity contribution < 1.29 is 9.47 Å². The quantitative estimate of drug-likeness (QED) is 0.745. The van der Waals surface area contributed by atoms with E-state index < -0.39 is 0 Å². The second-order valence-corrected chi connectivity index (χ2v) is 4.86. The molecule has 0 spiro atoms. The Morgan fingerprint density at radius 2 is 2.19 bits per heavy atom. The summed E-state index contributed by atoms with van der Waals surface area (Å²) < 4.78 is 11.3. The maximum atomic E-state index is 5.69. The van der Waals surface area contributed by atoms with Gasteiger partial charge in [0.25, 0.3) is 0 Å². The van der Waals surface area contributed by atoms with Crippen LogP contribution in [0.3, 0.4) is 0 Å². The fourth-order valence-electron chi connectivity index (χ4n) is 2.75. The number of nitrogens with zero attached hydrogens (tertiary/aromatic N) is 1. The maximum absolute atomic E-state index is 5.69. The van der Waals surface area contributed by atoms with Gasteiger partial charge < -0.3 is 14.8 Å². The van der Waals surface area contributed by atoms with E-state index in [-0.39, 0.29) is 0 Å². The summed E-state index contributed by atoms with van der Waals surface area (Å²) >= 11 is 0. The molecule has 0 aromatic heterocycles. The van der Waals surface area contributed by atoms with Crippen molar-refractivity contribution in [3.63, 3.8) is 0 Å². The van der Waals surface area contributed by atoms with Crippen molar-refractivity contribution in [3.05, 3.63) is 0 Å². The van der Waals surface area contributed by atoms with E-state index in [1.54, 1.807) is 0 Å². The summed E-state index contributed by atoms with van der Waals surface area (Å²) in [5.41, 5.74) is 0. The molecule has 16 heavy (non-hydrogen) atoms. The minimum Gasteiger partial charge on any atom is -0.380 e. The molecule has 4 heteroatoms. The lowest BCUT2D eigenvalue weighted by molar-refractivity contribution is -0.0110. The third-order valence-corrected chi connectivity index (χ3v) is 3.65. The molecule has 1 N–H and O–H groups in total. The average molecular weight is 228 g/mol. The highest BCUT2D eigenvalue weighted by Gasteiger charge is 2.31. The van der Waals surface area contributed by atoms with Gasteiger partial charge in [-0.1, -0.05) is 0 Å². The molecular formula is C12H24N2O2. The Kier molecular flexibility index (Phi) is 4.58. The zero-order valence-corrected chi connectivity index (χ0v) is 10.4. The first-order chi connectivity index (χ1) is 7.81. The monoisotopic (exact) mass is 228 g/mol. The van der Waals surface area contributed by atoms with Crippen molar-refractivity contribution in [3.8, 4) is 0 Å². The van der Waals surface area contributed by atoms with E-state index in [1.807, 2.05) is 0 Å². The Morgan fingerprint density at radius 3 is 3.00 bits per heavy atom. The molecule has 4 nitrogen and oxygen atoms in total. The lowest BCUT2D eigenvalue weighted by Crippen LogP contribution is -2.55. The predicted octanol–water partition coefficient (Wildman–Crippen LogP) is 0.474. The van der Waals surface area contributed by atoms with Crippen molar-refractivity contribution in [2.45, 2.75) is 38.0 Å². The summed E-state index contributed by atoms with van der Waals surface area (Å²) in [6, 6.07) is 1.09. The number of rotatable bonds is 2. The van der Waals surface area contributed by atoms with Gasteiger partial charge in [-0.15, -0.1) is 0 Å². The number of nitrogens with one attached hydrogen (secondary N) is 1. The van der Waals surface area contributed by atoms with Crippen molar-refractivity contribution in [2.75, 3.05) is 40.0 Å². The lowest BCUT2D eigenvalue weighted by Gasteiger charge is -2.39. The summed E-state index contributed by atoms with van der Waals surface area (Å²) in [5.74, 6) is 0. The Labute approximate surface area is 98.3 Å². The predicted molar refractivity (Wildman–Crippen MR) is 63.7 cm³/mol. The average Bonchev–Trinajstić information content (AvgIpc) is 2.54. The van der Waals surface area contributed by atoms with Crippen LogP contribution in [0.2, 0.25) is 0 Å². The van der Waals surface area contributed by atoms with Crippen molar-refractivity contribution in [2.24, 2.45) is 0 Å². The van der Waals surface area contributed by atoms with E-state index in [0.29, 0.717) is 18.2 Å². The van der Waals surface area contributed by atoms with Crippen LogP contribution in [0, 0.1) is 0 Å². The molecule has 2 heterocycles. The summed E-state index contributed by atoms with van der Waals surface area (Å²) in [6.45, 7) is 6.98. The Balaban J connectivity index is 1.96. The summed E-state index contributed by atoms with van der Waals surface area (Å²) in [6.07, 6.45) is 2.60. The Hall–Kier alpha value is -0.160. The molecule has 0 amide bonds. The Bertz CT molecular complexity index is 213. The van der Waals surface area contributed by atoms with Crippen LogP contribution in [0.1, 0.15) is 19.8 Å². The van der Waals surface area contributed by atoms with Gasteiger partial charge >= 0.3 is 0 Å². The van der Waals surface area contributed by atoms with Gasteiger partial charge in [-0.2, -0.15) is 0 Å². The molecular weight excluding hydrogens is 204 g/mol. The van der Waals surface area contributed by atoms with Gasteiger partial charge in [0.05, 0.1) is 12.7 Å². The van der Waals surface area contributed by atoms with Gasteiger partial charge in [0.2, 0.25) is 0 Å². The molecule has 0 saturated carbocycles. The number of ether oxygens (including phenoxy) is 2. The first kappa shape index (κ1) is 12.3. The smallest absolute Gasteiger partial charge is 0.0674 e. The summed E-state index contributed by atoms with van der Waals surface area (Å²) in [5, 5.41) is 3.42. The fraction of sp³-hybridized carbons (Fsp3) is 1.00. The molecule has 0 aliphatic carbocycles. The molecule has 3 atom stereocenters. The second-order valence-electron chi connectivity index (χ2n) is 4.86. The molecule has 94 valence electrons. The van der Waals surface area contributed by atoms with Gasteiger partial charge in [0, 0.05) is 38.4 Å². The van der Waals surface area contributed by atoms with E-state index >= 15 is 0 Å². The highest BCUT2D eigenvalue weighted by atomic mass is 16.5. The molecule has 2 aliphatic heterocycles.